The van der Waals surface area contributed by atoms with Crippen molar-refractivity contribution in [1.82, 2.24) is 15.1 Å². The molecule has 0 unspecified atom stereocenters. The number of benzene rings is 1. The molecular weight excluding hydrogens is 376 g/mol. The maximum Gasteiger partial charge on any atom is 0.407 e. The lowest BCUT2D eigenvalue weighted by Gasteiger charge is -2.36. The van der Waals surface area contributed by atoms with Crippen molar-refractivity contribution in [3.8, 4) is 0 Å². The molecule has 1 N–H and O–H groups in total. The van der Waals surface area contributed by atoms with Crippen LogP contribution < -0.4 is 5.32 Å². The first-order valence-corrected chi connectivity index (χ1v) is 9.69. The molecule has 1 aromatic rings. The van der Waals surface area contributed by atoms with Crippen LogP contribution in [0.5, 0.6) is 0 Å². The molecule has 29 heavy (non-hydrogen) atoms. The number of nitrogens with zero attached hydrogens (tertiary/aromatic N) is 3. The summed E-state index contributed by atoms with van der Waals surface area (Å²) in [5.74, 6) is -0.790. The fraction of sp³-hybridized carbons (Fsp3) is 0.600. The van der Waals surface area contributed by atoms with E-state index in [-0.39, 0.29) is 11.6 Å². The van der Waals surface area contributed by atoms with E-state index in [0.717, 1.165) is 13.1 Å². The van der Waals surface area contributed by atoms with Gasteiger partial charge in [-0.2, -0.15) is 0 Å². The lowest BCUT2D eigenvalue weighted by molar-refractivity contribution is -0.384. The predicted octanol–water partition coefficient (Wildman–Crippen LogP) is 2.37. The van der Waals surface area contributed by atoms with Crippen LogP contribution in [0.25, 0.3) is 0 Å². The van der Waals surface area contributed by atoms with E-state index in [1.165, 1.54) is 12.1 Å². The Kier molecular flexibility index (Phi) is 7.18. The number of piperazine rings is 1. The minimum atomic E-state index is -0.674. The summed E-state index contributed by atoms with van der Waals surface area (Å²) >= 11 is 0. The van der Waals surface area contributed by atoms with Crippen LogP contribution in [0, 0.1) is 10.1 Å². The van der Waals surface area contributed by atoms with E-state index >= 15 is 0 Å². The van der Waals surface area contributed by atoms with Crippen LogP contribution in [0.15, 0.2) is 24.3 Å². The Labute approximate surface area is 171 Å². The molecule has 0 spiro atoms. The van der Waals surface area contributed by atoms with Crippen molar-refractivity contribution >= 4 is 17.7 Å². The Morgan fingerprint density at radius 2 is 1.69 bits per heavy atom. The number of carbonyl (C=O) groups excluding carboxylic acids is 2. The molecule has 2 atom stereocenters. The molecule has 2 rings (SSSR count). The van der Waals surface area contributed by atoms with Crippen LogP contribution in [0.4, 0.5) is 10.5 Å². The van der Waals surface area contributed by atoms with Gasteiger partial charge in [0.05, 0.1) is 10.8 Å². The molecule has 1 saturated heterocycles. The molecule has 1 aromatic carbocycles. The number of hydrogen-bond donors (Lipinski definition) is 1. The number of alkyl carbamates (subject to hydrolysis) is 1. The second-order valence-corrected chi connectivity index (χ2v) is 8.39. The van der Waals surface area contributed by atoms with Gasteiger partial charge in [-0.05, 0) is 40.3 Å². The fourth-order valence-electron chi connectivity index (χ4n) is 3.25. The van der Waals surface area contributed by atoms with Crippen LogP contribution in [0.2, 0.25) is 0 Å². The van der Waals surface area contributed by atoms with E-state index in [1.54, 1.807) is 44.7 Å². The summed E-state index contributed by atoms with van der Waals surface area (Å²) in [6, 6.07) is 5.34. The zero-order chi connectivity index (χ0) is 21.8. The molecule has 0 aliphatic carbocycles. The first-order chi connectivity index (χ1) is 13.5. The minimum Gasteiger partial charge on any atom is -0.444 e. The van der Waals surface area contributed by atoms with Gasteiger partial charge >= 0.3 is 6.09 Å². The van der Waals surface area contributed by atoms with Crippen LogP contribution in [-0.2, 0) is 9.53 Å². The molecular formula is C20H30N4O5. The van der Waals surface area contributed by atoms with Gasteiger partial charge in [-0.25, -0.2) is 4.79 Å². The first kappa shape index (κ1) is 22.6. The Bertz CT molecular complexity index is 736. The molecule has 1 heterocycles. The summed E-state index contributed by atoms with van der Waals surface area (Å²) in [5, 5.41) is 13.7. The third kappa shape index (κ3) is 6.42. The molecule has 9 nitrogen and oxygen atoms in total. The van der Waals surface area contributed by atoms with Gasteiger partial charge in [-0.15, -0.1) is 0 Å². The van der Waals surface area contributed by atoms with Crippen LogP contribution in [0.1, 0.15) is 39.2 Å². The number of non-ortho nitro benzene ring substituents is 1. The molecule has 0 radical (unpaired) electrons. The van der Waals surface area contributed by atoms with Gasteiger partial charge in [0, 0.05) is 44.4 Å². The molecule has 160 valence electrons. The number of likely N-dealkylation sites (N-methyl/N-ethyl adjacent to an activating group) is 1. The number of rotatable bonds is 5. The average molecular weight is 406 g/mol. The maximum absolute atomic E-state index is 13.3. The molecule has 0 bridgehead atoms. The van der Waals surface area contributed by atoms with Crippen molar-refractivity contribution in [2.24, 2.45) is 0 Å². The van der Waals surface area contributed by atoms with Crippen molar-refractivity contribution in [2.45, 2.75) is 45.3 Å². The average Bonchev–Trinajstić information content (AvgIpc) is 2.61. The third-order valence-electron chi connectivity index (χ3n) is 4.79. The summed E-state index contributed by atoms with van der Waals surface area (Å²) in [4.78, 5) is 39.9. The maximum atomic E-state index is 13.3. The van der Waals surface area contributed by atoms with Gasteiger partial charge in [0.25, 0.3) is 5.69 Å². The van der Waals surface area contributed by atoms with E-state index in [2.05, 4.69) is 10.2 Å². The van der Waals surface area contributed by atoms with Crippen molar-refractivity contribution < 1.29 is 19.2 Å². The Morgan fingerprint density at radius 1 is 1.14 bits per heavy atom. The Morgan fingerprint density at radius 3 is 2.17 bits per heavy atom. The van der Waals surface area contributed by atoms with E-state index in [9.17, 15) is 19.7 Å². The van der Waals surface area contributed by atoms with Gasteiger partial charge in [0.1, 0.15) is 5.60 Å². The number of nitro groups is 1. The van der Waals surface area contributed by atoms with Gasteiger partial charge < -0.3 is 19.9 Å². The Hall–Kier alpha value is -2.68. The third-order valence-corrected chi connectivity index (χ3v) is 4.79. The van der Waals surface area contributed by atoms with E-state index in [0.29, 0.717) is 18.7 Å². The highest BCUT2D eigenvalue weighted by Crippen LogP contribution is 2.26. The monoisotopic (exact) mass is 406 g/mol. The second kappa shape index (κ2) is 9.21. The van der Waals surface area contributed by atoms with E-state index < -0.39 is 28.6 Å². The normalized spacial score (nSPS) is 17.3. The number of nitrogens with one attached hydrogen (secondary N) is 1. The van der Waals surface area contributed by atoms with E-state index in [1.807, 2.05) is 7.05 Å². The lowest BCUT2D eigenvalue weighted by atomic mass is 9.90. The van der Waals surface area contributed by atoms with Crippen molar-refractivity contribution in [2.75, 3.05) is 33.2 Å². The summed E-state index contributed by atoms with van der Waals surface area (Å²) in [5.41, 5.74) is -0.0934. The molecule has 0 aromatic heterocycles. The largest absolute Gasteiger partial charge is 0.444 e. The molecule has 1 fully saturated rings. The molecule has 2 amide bonds. The number of hydrogen-bond acceptors (Lipinski definition) is 6. The highest BCUT2D eigenvalue weighted by molar-refractivity contribution is 5.85. The van der Waals surface area contributed by atoms with Crippen molar-refractivity contribution in [3.63, 3.8) is 0 Å². The van der Waals surface area contributed by atoms with Crippen LogP contribution in [0.3, 0.4) is 0 Å². The quantitative estimate of drug-likeness (QED) is 0.594. The van der Waals surface area contributed by atoms with Gasteiger partial charge in [0.15, 0.2) is 0 Å². The smallest absolute Gasteiger partial charge is 0.407 e. The van der Waals surface area contributed by atoms with Crippen LogP contribution in [-0.4, -0.2) is 71.6 Å². The Balaban J connectivity index is 2.25. The summed E-state index contributed by atoms with van der Waals surface area (Å²) in [6.07, 6.45) is -0.608. The number of carbonyl (C=O) groups is 2. The SMILES string of the molecule is C[C@@H](NC(=O)OC(C)(C)C)[C@@H](C(=O)N1CCN(C)CC1)c1ccc([N+](=O)[O-])cc1. The van der Waals surface area contributed by atoms with Crippen molar-refractivity contribution in [3.05, 3.63) is 39.9 Å². The predicted molar refractivity (Wildman–Crippen MR) is 109 cm³/mol. The standard InChI is InChI=1S/C20H30N4O5/c1-14(21-19(26)29-20(2,3)4)17(15-6-8-16(9-7-15)24(27)28)18(25)23-12-10-22(5)11-13-23/h6-9,14,17H,10-13H2,1-5H3,(H,21,26)/t14-,17-/m1/s1. The highest BCUT2D eigenvalue weighted by atomic mass is 16.6. The summed E-state index contributed by atoms with van der Waals surface area (Å²) < 4.78 is 5.31. The summed E-state index contributed by atoms with van der Waals surface area (Å²) in [7, 11) is 2.00. The number of amides is 2. The zero-order valence-corrected chi connectivity index (χ0v) is 17.7. The molecule has 1 aliphatic rings. The molecule has 0 saturated carbocycles. The highest BCUT2D eigenvalue weighted by Gasteiger charge is 2.34. The van der Waals surface area contributed by atoms with Gasteiger partial charge in [-0.3, -0.25) is 14.9 Å². The van der Waals surface area contributed by atoms with Crippen molar-refractivity contribution in [1.29, 1.82) is 0 Å². The number of nitro benzene ring substituents is 1. The van der Waals surface area contributed by atoms with Crippen LogP contribution >= 0.6 is 0 Å². The lowest BCUT2D eigenvalue weighted by Crippen LogP contribution is -2.52. The zero-order valence-electron chi connectivity index (χ0n) is 17.7. The molecule has 1 aliphatic heterocycles. The van der Waals surface area contributed by atoms with Gasteiger partial charge in [0.2, 0.25) is 5.91 Å². The van der Waals surface area contributed by atoms with E-state index in [4.69, 9.17) is 4.74 Å². The topological polar surface area (TPSA) is 105 Å². The summed E-state index contributed by atoms with van der Waals surface area (Å²) in [6.45, 7) is 9.76. The minimum absolute atomic E-state index is 0.0488. The second-order valence-electron chi connectivity index (χ2n) is 8.39. The number of ether oxygens (including phenoxy) is 1. The fourth-order valence-corrected chi connectivity index (χ4v) is 3.25. The van der Waals surface area contributed by atoms with Gasteiger partial charge in [-0.1, -0.05) is 12.1 Å². The first-order valence-electron chi connectivity index (χ1n) is 9.69. The molecule has 9 heteroatoms.